The van der Waals surface area contributed by atoms with Crippen LogP contribution < -0.4 is 4.90 Å². The normalized spacial score (nSPS) is 15.9. The molecule has 0 fully saturated rings. The first-order valence-electron chi connectivity index (χ1n) is 12.7. The van der Waals surface area contributed by atoms with Crippen LogP contribution in [0.4, 0.5) is 5.69 Å². The largest absolute Gasteiger partial charge is 0.481 e. The number of anilines is 1. The summed E-state index contributed by atoms with van der Waals surface area (Å²) in [7, 11) is 0. The van der Waals surface area contributed by atoms with Gasteiger partial charge in [-0.15, -0.1) is 0 Å². The third kappa shape index (κ3) is 5.69. The number of hydrogen-bond acceptors (Lipinski definition) is 4. The smallest absolute Gasteiger partial charge is 0.330 e. The molecular formula is C31H34INO4. The molecule has 194 valence electrons. The number of carboxylic acids is 1. The van der Waals surface area contributed by atoms with Gasteiger partial charge in [-0.3, -0.25) is 4.79 Å². The summed E-state index contributed by atoms with van der Waals surface area (Å²) in [6, 6.07) is 24.0. The maximum Gasteiger partial charge on any atom is 0.330 e. The summed E-state index contributed by atoms with van der Waals surface area (Å²) in [6.45, 7) is 7.57. The zero-order valence-electron chi connectivity index (χ0n) is 21.8. The van der Waals surface area contributed by atoms with Crippen LogP contribution in [0.2, 0.25) is 0 Å². The minimum Gasteiger partial charge on any atom is -0.481 e. The zero-order valence-corrected chi connectivity index (χ0v) is 23.9. The second kappa shape index (κ2) is 11.3. The number of carboxylic acid groups (broad SMARTS) is 1. The number of alkyl halides is 1. The molecule has 1 aliphatic rings. The average Bonchev–Trinajstić information content (AvgIpc) is 3.20. The standard InChI is InChI=1S/C31H34INO4/c1-20(29(34)35)28(30(36)37-31(2,3)4)33(19-11-18-32)25-17-10-16-24-22-14-8-9-15-23(22)26(27(24)25)21-12-6-5-7-13-21/h5-10,12-17,20,26,28H,11,18-19H2,1-4H3,(H,34,35)/t20?,26?,28-/m1/s1. The van der Waals surface area contributed by atoms with Crippen molar-refractivity contribution in [3.05, 3.63) is 89.5 Å². The fourth-order valence-corrected chi connectivity index (χ4v) is 5.56. The number of fused-ring (bicyclic) bond motifs is 3. The average molecular weight is 612 g/mol. The Kier molecular flexibility index (Phi) is 8.26. The lowest BCUT2D eigenvalue weighted by molar-refractivity contribution is -0.161. The third-order valence-electron chi connectivity index (χ3n) is 6.76. The van der Waals surface area contributed by atoms with E-state index in [0.29, 0.717) is 6.54 Å². The van der Waals surface area contributed by atoms with Gasteiger partial charge in [0.25, 0.3) is 0 Å². The summed E-state index contributed by atoms with van der Waals surface area (Å²) < 4.78 is 6.68. The number of nitrogens with zero attached hydrogens (tertiary/aromatic N) is 1. The summed E-state index contributed by atoms with van der Waals surface area (Å²) in [5, 5.41) is 10.1. The van der Waals surface area contributed by atoms with Crippen LogP contribution in [0.1, 0.15) is 56.7 Å². The molecule has 3 atom stereocenters. The molecular weight excluding hydrogens is 577 g/mol. The van der Waals surface area contributed by atoms with Crippen LogP contribution in [0.25, 0.3) is 11.1 Å². The molecule has 2 unspecified atom stereocenters. The van der Waals surface area contributed by atoms with Crippen molar-refractivity contribution in [2.45, 2.75) is 51.7 Å². The van der Waals surface area contributed by atoms with Gasteiger partial charge in [0.15, 0.2) is 0 Å². The third-order valence-corrected chi connectivity index (χ3v) is 7.52. The summed E-state index contributed by atoms with van der Waals surface area (Å²) in [5.74, 6) is -2.52. The summed E-state index contributed by atoms with van der Waals surface area (Å²) in [4.78, 5) is 27.9. The number of halogens is 1. The van der Waals surface area contributed by atoms with E-state index in [9.17, 15) is 14.7 Å². The highest BCUT2D eigenvalue weighted by atomic mass is 127. The van der Waals surface area contributed by atoms with Gasteiger partial charge >= 0.3 is 11.9 Å². The van der Waals surface area contributed by atoms with E-state index in [4.69, 9.17) is 4.74 Å². The lowest BCUT2D eigenvalue weighted by Crippen LogP contribution is -2.51. The van der Waals surface area contributed by atoms with Crippen molar-refractivity contribution in [2.75, 3.05) is 15.9 Å². The SMILES string of the molecule is CC(C(=O)O)[C@H](C(=O)OC(C)(C)C)N(CCCI)c1cccc2c1C(c1ccccc1)c1ccccc1-2. The number of rotatable bonds is 9. The Morgan fingerprint density at radius 2 is 1.62 bits per heavy atom. The number of carbonyl (C=O) groups excluding carboxylic acids is 1. The van der Waals surface area contributed by atoms with Crippen molar-refractivity contribution < 1.29 is 19.4 Å². The van der Waals surface area contributed by atoms with Crippen LogP contribution in [-0.4, -0.2) is 39.7 Å². The van der Waals surface area contributed by atoms with Crippen molar-refractivity contribution in [3.63, 3.8) is 0 Å². The molecule has 0 aliphatic heterocycles. The van der Waals surface area contributed by atoms with E-state index in [-0.39, 0.29) is 5.92 Å². The second-order valence-corrected chi connectivity index (χ2v) is 11.6. The fraction of sp³-hybridized carbons (Fsp3) is 0.355. The molecule has 37 heavy (non-hydrogen) atoms. The van der Waals surface area contributed by atoms with Crippen LogP contribution in [0.5, 0.6) is 0 Å². The van der Waals surface area contributed by atoms with E-state index in [0.717, 1.165) is 33.2 Å². The molecule has 5 nitrogen and oxygen atoms in total. The van der Waals surface area contributed by atoms with Gasteiger partial charge in [0.05, 0.1) is 5.92 Å². The summed E-state index contributed by atoms with van der Waals surface area (Å²) >= 11 is 2.33. The molecule has 0 radical (unpaired) electrons. The van der Waals surface area contributed by atoms with Gasteiger partial charge in [-0.25, -0.2) is 4.79 Å². The molecule has 1 N–H and O–H groups in total. The Morgan fingerprint density at radius 3 is 2.27 bits per heavy atom. The van der Waals surface area contributed by atoms with E-state index in [1.165, 1.54) is 11.1 Å². The molecule has 6 heteroatoms. The summed E-state index contributed by atoms with van der Waals surface area (Å²) in [6.07, 6.45) is 0.804. The highest BCUT2D eigenvalue weighted by Crippen LogP contribution is 2.52. The first-order chi connectivity index (χ1) is 17.6. The molecule has 0 amide bonds. The lowest BCUT2D eigenvalue weighted by Gasteiger charge is -2.37. The predicted molar refractivity (Wildman–Crippen MR) is 157 cm³/mol. The van der Waals surface area contributed by atoms with Gasteiger partial charge in [0.1, 0.15) is 11.6 Å². The first kappa shape index (κ1) is 27.2. The van der Waals surface area contributed by atoms with Crippen molar-refractivity contribution in [1.82, 2.24) is 0 Å². The van der Waals surface area contributed by atoms with E-state index in [1.807, 2.05) is 62.1 Å². The van der Waals surface area contributed by atoms with E-state index in [2.05, 4.69) is 59.0 Å². The number of hydrogen-bond donors (Lipinski definition) is 1. The van der Waals surface area contributed by atoms with Crippen molar-refractivity contribution in [1.29, 1.82) is 0 Å². The second-order valence-electron chi connectivity index (χ2n) is 10.5. The molecule has 0 aromatic heterocycles. The minimum absolute atomic E-state index is 0.0230. The molecule has 0 heterocycles. The zero-order chi connectivity index (χ0) is 26.7. The van der Waals surface area contributed by atoms with Gasteiger partial charge in [-0.2, -0.15) is 0 Å². The Hall–Kier alpha value is -2.87. The Morgan fingerprint density at radius 1 is 0.973 bits per heavy atom. The van der Waals surface area contributed by atoms with Crippen molar-refractivity contribution in [2.24, 2.45) is 5.92 Å². The molecule has 0 spiro atoms. The Balaban J connectivity index is 1.94. The number of esters is 1. The Bertz CT molecular complexity index is 1270. The number of carbonyl (C=O) groups is 2. The van der Waals surface area contributed by atoms with Crippen molar-refractivity contribution in [3.8, 4) is 11.1 Å². The number of ether oxygens (including phenoxy) is 1. The number of aliphatic carboxylic acids is 1. The van der Waals surface area contributed by atoms with E-state index >= 15 is 0 Å². The molecule has 0 bridgehead atoms. The molecule has 1 aliphatic carbocycles. The van der Waals surface area contributed by atoms with Gasteiger partial charge < -0.3 is 14.7 Å². The minimum atomic E-state index is -1.02. The fourth-order valence-electron chi connectivity index (χ4n) is 5.22. The highest BCUT2D eigenvalue weighted by molar-refractivity contribution is 14.1. The quantitative estimate of drug-likeness (QED) is 0.127. The monoisotopic (exact) mass is 611 g/mol. The van der Waals surface area contributed by atoms with Crippen molar-refractivity contribution >= 4 is 40.2 Å². The van der Waals surface area contributed by atoms with Gasteiger partial charge in [-0.05, 0) is 68.0 Å². The molecule has 0 saturated heterocycles. The topological polar surface area (TPSA) is 66.8 Å². The molecule has 0 saturated carbocycles. The predicted octanol–water partition coefficient (Wildman–Crippen LogP) is 6.91. The molecule has 3 aromatic carbocycles. The van der Waals surface area contributed by atoms with Crippen LogP contribution in [0.15, 0.2) is 72.8 Å². The Labute approximate surface area is 233 Å². The summed E-state index contributed by atoms with van der Waals surface area (Å²) in [5.41, 5.74) is 5.92. The molecule has 4 rings (SSSR count). The van der Waals surface area contributed by atoms with Crippen LogP contribution in [0, 0.1) is 5.92 Å². The number of benzene rings is 3. The highest BCUT2D eigenvalue weighted by Gasteiger charge is 2.41. The van der Waals surface area contributed by atoms with Crippen LogP contribution in [0.3, 0.4) is 0 Å². The maximum absolute atomic E-state index is 13.6. The first-order valence-corrected chi connectivity index (χ1v) is 14.2. The van der Waals surface area contributed by atoms with Crippen LogP contribution in [-0.2, 0) is 14.3 Å². The van der Waals surface area contributed by atoms with Crippen LogP contribution >= 0.6 is 22.6 Å². The van der Waals surface area contributed by atoms with Gasteiger partial charge in [0.2, 0.25) is 0 Å². The maximum atomic E-state index is 13.6. The van der Waals surface area contributed by atoms with Gasteiger partial charge in [0, 0.05) is 22.6 Å². The van der Waals surface area contributed by atoms with E-state index in [1.54, 1.807) is 6.92 Å². The lowest BCUT2D eigenvalue weighted by atomic mass is 9.87. The van der Waals surface area contributed by atoms with E-state index < -0.39 is 29.5 Å². The van der Waals surface area contributed by atoms with Gasteiger partial charge in [-0.1, -0.05) is 89.3 Å². The molecule has 3 aromatic rings.